The third kappa shape index (κ3) is 3.39. The maximum absolute atomic E-state index is 11.8. The van der Waals surface area contributed by atoms with Crippen molar-refractivity contribution in [2.75, 3.05) is 19.1 Å². The Labute approximate surface area is 73.3 Å². The fraction of sp³-hybridized carbons (Fsp3) is 1.00. The van der Waals surface area contributed by atoms with E-state index in [0.29, 0.717) is 12.4 Å². The van der Waals surface area contributed by atoms with Crippen LogP contribution in [0.3, 0.4) is 0 Å². The van der Waals surface area contributed by atoms with Gasteiger partial charge in [0.1, 0.15) is 6.67 Å². The van der Waals surface area contributed by atoms with Gasteiger partial charge in [-0.2, -0.15) is 0 Å². The highest BCUT2D eigenvalue weighted by atomic mass is 35.5. The summed E-state index contributed by atoms with van der Waals surface area (Å²) in [5, 5.41) is 3.12. The van der Waals surface area contributed by atoms with Crippen molar-refractivity contribution in [1.29, 1.82) is 0 Å². The summed E-state index contributed by atoms with van der Waals surface area (Å²) in [4.78, 5) is 0. The van der Waals surface area contributed by atoms with Crippen molar-refractivity contribution in [3.63, 3.8) is 0 Å². The van der Waals surface area contributed by atoms with Gasteiger partial charge < -0.3 is 5.32 Å². The minimum atomic E-state index is -0.321. The lowest BCUT2D eigenvalue weighted by Gasteiger charge is -2.30. The van der Waals surface area contributed by atoms with Crippen LogP contribution in [0.15, 0.2) is 0 Å². The second-order valence-electron chi connectivity index (χ2n) is 2.74. The molecule has 1 N–H and O–H groups in total. The molecular weight excluding hydrogens is 165 g/mol. The zero-order valence-corrected chi connectivity index (χ0v) is 8.05. The van der Waals surface area contributed by atoms with Crippen LogP contribution in [0.5, 0.6) is 0 Å². The molecule has 0 bridgehead atoms. The van der Waals surface area contributed by atoms with Gasteiger partial charge in [0.15, 0.2) is 0 Å². The van der Waals surface area contributed by atoms with Crippen molar-refractivity contribution < 1.29 is 4.39 Å². The first-order chi connectivity index (χ1) is 5.24. The zero-order chi connectivity index (χ0) is 8.74. The van der Waals surface area contributed by atoms with Crippen molar-refractivity contribution in [2.45, 2.75) is 32.2 Å². The fourth-order valence-corrected chi connectivity index (χ4v) is 1.52. The molecule has 0 amide bonds. The van der Waals surface area contributed by atoms with Crippen LogP contribution in [0, 0.1) is 0 Å². The smallest absolute Gasteiger partial charge is 0.102 e. The summed E-state index contributed by atoms with van der Waals surface area (Å²) in [5.41, 5.74) is -0.0480. The number of hydrogen-bond donors (Lipinski definition) is 1. The fourth-order valence-electron chi connectivity index (χ4n) is 1.05. The number of hydrogen-bond acceptors (Lipinski definition) is 1. The van der Waals surface area contributed by atoms with E-state index in [2.05, 4.69) is 19.2 Å². The quantitative estimate of drug-likeness (QED) is 0.621. The van der Waals surface area contributed by atoms with Crippen molar-refractivity contribution in [3.8, 4) is 0 Å². The average molecular weight is 182 g/mol. The Morgan fingerprint density at radius 2 is 1.91 bits per heavy atom. The molecule has 0 aliphatic rings. The van der Waals surface area contributed by atoms with Gasteiger partial charge in [0.25, 0.3) is 0 Å². The molecule has 68 valence electrons. The van der Waals surface area contributed by atoms with Gasteiger partial charge in [-0.15, -0.1) is 11.6 Å². The Morgan fingerprint density at radius 3 is 2.18 bits per heavy atom. The summed E-state index contributed by atoms with van der Waals surface area (Å²) in [6.07, 6.45) is 1.90. The van der Waals surface area contributed by atoms with E-state index in [1.165, 1.54) is 0 Å². The molecule has 11 heavy (non-hydrogen) atoms. The second-order valence-corrected chi connectivity index (χ2v) is 3.00. The Hall–Kier alpha value is 0.180. The monoisotopic (exact) mass is 181 g/mol. The second kappa shape index (κ2) is 5.78. The molecule has 0 atom stereocenters. The molecule has 0 aromatic heterocycles. The van der Waals surface area contributed by atoms with Crippen molar-refractivity contribution in [1.82, 2.24) is 5.32 Å². The van der Waals surface area contributed by atoms with Gasteiger partial charge in [-0.1, -0.05) is 13.8 Å². The first-order valence-corrected chi connectivity index (χ1v) is 4.65. The minimum Gasteiger partial charge on any atom is -0.307 e. The van der Waals surface area contributed by atoms with Gasteiger partial charge in [0, 0.05) is 18.0 Å². The normalized spacial score (nSPS) is 12.0. The van der Waals surface area contributed by atoms with Crippen LogP contribution in [0.25, 0.3) is 0 Å². The molecule has 0 aromatic rings. The molecule has 0 radical (unpaired) electrons. The van der Waals surface area contributed by atoms with E-state index in [1.807, 2.05) is 0 Å². The molecule has 0 aliphatic heterocycles. The van der Waals surface area contributed by atoms with Crippen LogP contribution >= 0.6 is 11.6 Å². The largest absolute Gasteiger partial charge is 0.307 e. The summed E-state index contributed by atoms with van der Waals surface area (Å²) < 4.78 is 11.8. The summed E-state index contributed by atoms with van der Waals surface area (Å²) >= 11 is 5.78. The van der Waals surface area contributed by atoms with E-state index in [1.54, 1.807) is 0 Å². The number of nitrogens with one attached hydrogen (secondary N) is 1. The van der Waals surface area contributed by atoms with Gasteiger partial charge in [-0.25, -0.2) is 4.39 Å². The highest BCUT2D eigenvalue weighted by Crippen LogP contribution is 2.16. The molecule has 0 spiro atoms. The Balaban J connectivity index is 3.84. The molecule has 0 saturated carbocycles. The summed E-state index contributed by atoms with van der Waals surface area (Å²) in [7, 11) is 0. The van der Waals surface area contributed by atoms with Crippen molar-refractivity contribution in [2.24, 2.45) is 0 Å². The van der Waals surface area contributed by atoms with Gasteiger partial charge in [-0.3, -0.25) is 0 Å². The predicted molar refractivity (Wildman–Crippen MR) is 48.0 cm³/mol. The first-order valence-electron chi connectivity index (χ1n) is 4.11. The van der Waals surface area contributed by atoms with Crippen LogP contribution in [-0.4, -0.2) is 24.6 Å². The first kappa shape index (κ1) is 11.2. The average Bonchev–Trinajstić information content (AvgIpc) is 2.08. The summed E-state index contributed by atoms with van der Waals surface area (Å²) in [6, 6.07) is 0. The van der Waals surface area contributed by atoms with E-state index >= 15 is 0 Å². The van der Waals surface area contributed by atoms with Crippen LogP contribution < -0.4 is 5.32 Å². The van der Waals surface area contributed by atoms with Gasteiger partial charge in [-0.05, 0) is 12.8 Å². The van der Waals surface area contributed by atoms with E-state index in [4.69, 9.17) is 11.6 Å². The Kier molecular flexibility index (Phi) is 5.88. The topological polar surface area (TPSA) is 12.0 Å². The molecule has 0 heterocycles. The van der Waals surface area contributed by atoms with Gasteiger partial charge >= 0.3 is 0 Å². The van der Waals surface area contributed by atoms with Crippen LogP contribution in [-0.2, 0) is 0 Å². The van der Waals surface area contributed by atoms with Crippen LogP contribution in [0.1, 0.15) is 26.7 Å². The molecule has 0 saturated heterocycles. The maximum atomic E-state index is 11.8. The SMILES string of the molecule is CCC(CC)(CCl)NCCF. The lowest BCUT2D eigenvalue weighted by atomic mass is 9.95. The molecular formula is C8H17ClFN. The molecule has 0 aliphatic carbocycles. The van der Waals surface area contributed by atoms with Crippen LogP contribution in [0.2, 0.25) is 0 Å². The minimum absolute atomic E-state index is 0.0480. The van der Waals surface area contributed by atoms with Gasteiger partial charge in [0.05, 0.1) is 0 Å². The standard InChI is InChI=1S/C8H17ClFN/c1-3-8(4-2,7-9)11-6-5-10/h11H,3-7H2,1-2H3. The van der Waals surface area contributed by atoms with Crippen LogP contribution in [0.4, 0.5) is 4.39 Å². The van der Waals surface area contributed by atoms with Gasteiger partial charge in [0.2, 0.25) is 0 Å². The number of rotatable bonds is 6. The Bertz CT molecular complexity index is 85.8. The third-order valence-electron chi connectivity index (χ3n) is 2.20. The maximum Gasteiger partial charge on any atom is 0.102 e. The molecule has 0 fully saturated rings. The third-order valence-corrected chi connectivity index (χ3v) is 2.72. The Morgan fingerprint density at radius 1 is 1.36 bits per heavy atom. The lowest BCUT2D eigenvalue weighted by molar-refractivity contribution is 0.317. The predicted octanol–water partition coefficient (Wildman–Crippen LogP) is 2.34. The van der Waals surface area contributed by atoms with Crippen molar-refractivity contribution in [3.05, 3.63) is 0 Å². The molecule has 0 rings (SSSR count). The van der Waals surface area contributed by atoms with E-state index in [0.717, 1.165) is 12.8 Å². The number of halogens is 2. The molecule has 0 aromatic carbocycles. The van der Waals surface area contributed by atoms with E-state index in [9.17, 15) is 4.39 Å². The van der Waals surface area contributed by atoms with E-state index in [-0.39, 0.29) is 12.2 Å². The summed E-state index contributed by atoms with van der Waals surface area (Å²) in [5.74, 6) is 0.556. The lowest BCUT2D eigenvalue weighted by Crippen LogP contribution is -2.46. The molecule has 1 nitrogen and oxygen atoms in total. The number of alkyl halides is 2. The molecule has 0 unspecified atom stereocenters. The van der Waals surface area contributed by atoms with Crippen molar-refractivity contribution >= 4 is 11.6 Å². The van der Waals surface area contributed by atoms with E-state index < -0.39 is 0 Å². The molecule has 3 heteroatoms. The summed E-state index contributed by atoms with van der Waals surface area (Å²) in [6.45, 7) is 4.22. The zero-order valence-electron chi connectivity index (χ0n) is 7.29. The highest BCUT2D eigenvalue weighted by Gasteiger charge is 2.23. The highest BCUT2D eigenvalue weighted by molar-refractivity contribution is 6.18.